The third-order valence-corrected chi connectivity index (χ3v) is 4.04. The molecule has 0 spiro atoms. The van der Waals surface area contributed by atoms with Gasteiger partial charge < -0.3 is 15.4 Å². The van der Waals surface area contributed by atoms with E-state index in [2.05, 4.69) is 10.6 Å². The summed E-state index contributed by atoms with van der Waals surface area (Å²) in [7, 11) is 1.56. The maximum absolute atomic E-state index is 12.0. The lowest BCUT2D eigenvalue weighted by Gasteiger charge is -2.08. The lowest BCUT2D eigenvalue weighted by Crippen LogP contribution is -2.35. The summed E-state index contributed by atoms with van der Waals surface area (Å²) in [6.45, 7) is 0.650. The third kappa shape index (κ3) is 5.96. The Morgan fingerprint density at radius 2 is 1.68 bits per heavy atom. The minimum atomic E-state index is -0.211. The first-order valence-corrected chi connectivity index (χ1v) is 8.38. The van der Waals surface area contributed by atoms with Gasteiger partial charge in [-0.15, -0.1) is 0 Å². The maximum atomic E-state index is 12.0. The summed E-state index contributed by atoms with van der Waals surface area (Å²) >= 11 is 11.9. The van der Waals surface area contributed by atoms with Crippen LogP contribution in [0.3, 0.4) is 0 Å². The van der Waals surface area contributed by atoms with E-state index in [0.29, 0.717) is 40.0 Å². The van der Waals surface area contributed by atoms with E-state index in [-0.39, 0.29) is 18.2 Å². The van der Waals surface area contributed by atoms with Gasteiger partial charge >= 0.3 is 0 Å². The zero-order valence-corrected chi connectivity index (χ0v) is 15.2. The summed E-state index contributed by atoms with van der Waals surface area (Å²) in [5.74, 6) is 0.297. The standard InChI is InChI=1S/C18H18Cl2N2O3/c1-25-15-6-3-12(4-7-15)18(24)22-9-8-21-17(23)10-13-2-5-14(19)11-16(13)20/h2-7,11H,8-10H2,1H3,(H,21,23)(H,22,24). The highest BCUT2D eigenvalue weighted by atomic mass is 35.5. The van der Waals surface area contributed by atoms with Crippen molar-refractivity contribution in [1.82, 2.24) is 10.6 Å². The zero-order valence-electron chi connectivity index (χ0n) is 13.6. The van der Waals surface area contributed by atoms with Crippen LogP contribution in [-0.4, -0.2) is 32.0 Å². The second-order valence-electron chi connectivity index (χ2n) is 5.25. The first-order valence-electron chi connectivity index (χ1n) is 7.62. The van der Waals surface area contributed by atoms with Crippen molar-refractivity contribution in [2.24, 2.45) is 0 Å². The van der Waals surface area contributed by atoms with Crippen molar-refractivity contribution in [1.29, 1.82) is 0 Å². The Bertz CT molecular complexity index is 748. The van der Waals surface area contributed by atoms with Crippen molar-refractivity contribution in [3.8, 4) is 5.75 Å². The molecule has 7 heteroatoms. The lowest BCUT2D eigenvalue weighted by atomic mass is 10.1. The number of hydrogen-bond donors (Lipinski definition) is 2. The van der Waals surface area contributed by atoms with E-state index in [1.165, 1.54) is 0 Å². The Kier molecular flexibility index (Phi) is 7.10. The molecule has 2 aromatic rings. The number of benzene rings is 2. The number of hydrogen-bond acceptors (Lipinski definition) is 3. The van der Waals surface area contributed by atoms with Crippen molar-refractivity contribution >= 4 is 35.0 Å². The average molecular weight is 381 g/mol. The van der Waals surface area contributed by atoms with Crippen LogP contribution in [0, 0.1) is 0 Å². The van der Waals surface area contributed by atoms with Gasteiger partial charge in [0.25, 0.3) is 5.91 Å². The van der Waals surface area contributed by atoms with Crippen molar-refractivity contribution in [3.63, 3.8) is 0 Å². The van der Waals surface area contributed by atoms with Crippen molar-refractivity contribution in [2.45, 2.75) is 6.42 Å². The molecule has 0 saturated heterocycles. The van der Waals surface area contributed by atoms with Crippen LogP contribution in [0.25, 0.3) is 0 Å². The minimum absolute atomic E-state index is 0.155. The van der Waals surface area contributed by atoms with Crippen LogP contribution >= 0.6 is 23.2 Å². The molecule has 0 heterocycles. The second-order valence-corrected chi connectivity index (χ2v) is 6.09. The molecule has 0 aliphatic carbocycles. The molecule has 132 valence electrons. The zero-order chi connectivity index (χ0) is 18.2. The topological polar surface area (TPSA) is 67.4 Å². The molecular weight excluding hydrogens is 363 g/mol. The van der Waals surface area contributed by atoms with Crippen LogP contribution in [0.5, 0.6) is 5.75 Å². The van der Waals surface area contributed by atoms with Crippen LogP contribution < -0.4 is 15.4 Å². The van der Waals surface area contributed by atoms with Crippen molar-refractivity contribution in [2.75, 3.05) is 20.2 Å². The number of halogens is 2. The molecule has 25 heavy (non-hydrogen) atoms. The minimum Gasteiger partial charge on any atom is -0.497 e. The molecule has 2 aromatic carbocycles. The summed E-state index contributed by atoms with van der Waals surface area (Å²) in [6.07, 6.45) is 0.155. The van der Waals surface area contributed by atoms with Gasteiger partial charge in [0.05, 0.1) is 13.5 Å². The summed E-state index contributed by atoms with van der Waals surface area (Å²) < 4.78 is 5.04. The first-order chi connectivity index (χ1) is 12.0. The molecule has 0 unspecified atom stereocenters. The molecule has 0 aromatic heterocycles. The number of carbonyl (C=O) groups excluding carboxylic acids is 2. The van der Waals surface area contributed by atoms with Gasteiger partial charge in [-0.2, -0.15) is 0 Å². The smallest absolute Gasteiger partial charge is 0.251 e. The van der Waals surface area contributed by atoms with Crippen LogP contribution in [0.4, 0.5) is 0 Å². The average Bonchev–Trinajstić information content (AvgIpc) is 2.61. The summed E-state index contributed by atoms with van der Waals surface area (Å²) in [6, 6.07) is 11.8. The molecule has 0 aliphatic heterocycles. The highest BCUT2D eigenvalue weighted by Gasteiger charge is 2.08. The van der Waals surface area contributed by atoms with Gasteiger partial charge in [-0.25, -0.2) is 0 Å². The van der Waals surface area contributed by atoms with Gasteiger partial charge in [-0.1, -0.05) is 29.3 Å². The van der Waals surface area contributed by atoms with E-state index >= 15 is 0 Å². The monoisotopic (exact) mass is 380 g/mol. The highest BCUT2D eigenvalue weighted by Crippen LogP contribution is 2.21. The summed E-state index contributed by atoms with van der Waals surface area (Å²) in [5.41, 5.74) is 1.23. The van der Waals surface area contributed by atoms with E-state index < -0.39 is 0 Å². The first kappa shape index (κ1) is 19.1. The Labute approximate surface area is 156 Å². The van der Waals surface area contributed by atoms with E-state index in [1.807, 2.05) is 0 Å². The number of methoxy groups -OCH3 is 1. The van der Waals surface area contributed by atoms with Gasteiger partial charge in [0, 0.05) is 28.7 Å². The van der Waals surface area contributed by atoms with Crippen LogP contribution in [0.15, 0.2) is 42.5 Å². The Hall–Kier alpha value is -2.24. The van der Waals surface area contributed by atoms with Crippen molar-refractivity contribution in [3.05, 3.63) is 63.6 Å². The molecule has 5 nitrogen and oxygen atoms in total. The fourth-order valence-corrected chi connectivity index (χ4v) is 2.60. The van der Waals surface area contributed by atoms with Gasteiger partial charge in [0.2, 0.25) is 5.91 Å². The largest absolute Gasteiger partial charge is 0.497 e. The van der Waals surface area contributed by atoms with Gasteiger partial charge in [-0.3, -0.25) is 9.59 Å². The van der Waals surface area contributed by atoms with E-state index in [4.69, 9.17) is 27.9 Å². The lowest BCUT2D eigenvalue weighted by molar-refractivity contribution is -0.120. The molecule has 0 atom stereocenters. The molecule has 2 amide bonds. The third-order valence-electron chi connectivity index (χ3n) is 3.45. The maximum Gasteiger partial charge on any atom is 0.251 e. The number of ether oxygens (including phenoxy) is 1. The Balaban J connectivity index is 1.72. The van der Waals surface area contributed by atoms with E-state index in [9.17, 15) is 9.59 Å². The number of nitrogens with one attached hydrogen (secondary N) is 2. The molecule has 2 rings (SSSR count). The molecule has 2 N–H and O–H groups in total. The summed E-state index contributed by atoms with van der Waals surface area (Å²) in [4.78, 5) is 23.9. The number of rotatable bonds is 7. The second kappa shape index (κ2) is 9.30. The number of carbonyl (C=O) groups is 2. The fourth-order valence-electron chi connectivity index (χ4n) is 2.12. The quantitative estimate of drug-likeness (QED) is 0.725. The van der Waals surface area contributed by atoms with Gasteiger partial charge in [-0.05, 0) is 42.0 Å². The fraction of sp³-hybridized carbons (Fsp3) is 0.222. The molecule has 0 radical (unpaired) electrons. The van der Waals surface area contributed by atoms with Crippen molar-refractivity contribution < 1.29 is 14.3 Å². The molecule has 0 bridgehead atoms. The van der Waals surface area contributed by atoms with Crippen LogP contribution in [0.2, 0.25) is 10.0 Å². The van der Waals surface area contributed by atoms with Crippen LogP contribution in [-0.2, 0) is 11.2 Å². The molecule has 0 saturated carbocycles. The molecular formula is C18H18Cl2N2O3. The van der Waals surface area contributed by atoms with Gasteiger partial charge in [0.1, 0.15) is 5.75 Å². The molecule has 0 fully saturated rings. The van der Waals surface area contributed by atoms with Crippen LogP contribution in [0.1, 0.15) is 15.9 Å². The normalized spacial score (nSPS) is 10.2. The predicted octanol–water partition coefficient (Wildman–Crippen LogP) is 3.09. The van der Waals surface area contributed by atoms with E-state index in [0.717, 1.165) is 0 Å². The highest BCUT2D eigenvalue weighted by molar-refractivity contribution is 6.35. The predicted molar refractivity (Wildman–Crippen MR) is 98.5 cm³/mol. The molecule has 0 aliphatic rings. The van der Waals surface area contributed by atoms with Gasteiger partial charge in [0.15, 0.2) is 0 Å². The SMILES string of the molecule is COc1ccc(C(=O)NCCNC(=O)Cc2ccc(Cl)cc2Cl)cc1. The van der Waals surface area contributed by atoms with E-state index in [1.54, 1.807) is 49.6 Å². The Morgan fingerprint density at radius 3 is 2.32 bits per heavy atom. The summed E-state index contributed by atoms with van der Waals surface area (Å²) in [5, 5.41) is 6.45. The Morgan fingerprint density at radius 1 is 1.00 bits per heavy atom. The number of amides is 2.